The minimum atomic E-state index is -0.609. The van der Waals surface area contributed by atoms with Crippen LogP contribution in [-0.2, 0) is 6.54 Å². The minimum Gasteiger partial charge on any atom is -0.389 e. The standard InChI is InChI=1S/C15H24N4O2S/c1-17(2)14(20)19-7-4-15(21)3-6-18(9-12(15)10-19)11-13-16-5-8-22-13/h5,8,12,21H,3-4,6-7,9-11H2,1-2H3/t12-,15-/m0/s1. The van der Waals surface area contributed by atoms with Gasteiger partial charge in [-0.1, -0.05) is 0 Å². The fraction of sp³-hybridized carbons (Fsp3) is 0.733. The van der Waals surface area contributed by atoms with Crippen LogP contribution in [0.3, 0.4) is 0 Å². The molecule has 2 aliphatic rings. The first-order valence-corrected chi connectivity index (χ1v) is 8.65. The lowest BCUT2D eigenvalue weighted by Crippen LogP contribution is -2.61. The van der Waals surface area contributed by atoms with E-state index in [2.05, 4.69) is 9.88 Å². The van der Waals surface area contributed by atoms with Gasteiger partial charge in [-0.2, -0.15) is 0 Å². The Balaban J connectivity index is 1.65. The highest BCUT2D eigenvalue weighted by atomic mass is 32.1. The molecule has 0 aromatic carbocycles. The van der Waals surface area contributed by atoms with Gasteiger partial charge in [-0.15, -0.1) is 11.3 Å². The summed E-state index contributed by atoms with van der Waals surface area (Å²) in [5.41, 5.74) is -0.609. The molecule has 3 rings (SSSR count). The number of aromatic nitrogens is 1. The second-order valence-corrected chi connectivity index (χ2v) is 7.56. The van der Waals surface area contributed by atoms with Crippen molar-refractivity contribution in [3.63, 3.8) is 0 Å². The van der Waals surface area contributed by atoms with Crippen LogP contribution in [0.25, 0.3) is 0 Å². The monoisotopic (exact) mass is 324 g/mol. The van der Waals surface area contributed by atoms with Gasteiger partial charge >= 0.3 is 6.03 Å². The van der Waals surface area contributed by atoms with E-state index in [-0.39, 0.29) is 11.9 Å². The van der Waals surface area contributed by atoms with E-state index in [0.29, 0.717) is 19.5 Å². The van der Waals surface area contributed by atoms with Crippen LogP contribution in [0.1, 0.15) is 17.8 Å². The van der Waals surface area contributed by atoms with Crippen LogP contribution < -0.4 is 0 Å². The van der Waals surface area contributed by atoms with Gasteiger partial charge in [0, 0.05) is 57.8 Å². The number of fused-ring (bicyclic) bond motifs is 1. The Hall–Kier alpha value is -1.18. The molecule has 0 spiro atoms. The molecule has 7 heteroatoms. The number of hydrogen-bond donors (Lipinski definition) is 1. The van der Waals surface area contributed by atoms with E-state index in [9.17, 15) is 9.90 Å². The number of amides is 2. The number of carbonyl (C=O) groups is 1. The van der Waals surface area contributed by atoms with E-state index in [0.717, 1.165) is 31.1 Å². The number of thiazole rings is 1. The van der Waals surface area contributed by atoms with Gasteiger partial charge in [-0.3, -0.25) is 4.90 Å². The third-order valence-electron chi connectivity index (χ3n) is 4.85. The SMILES string of the molecule is CN(C)C(=O)N1CC[C@@]2(O)CCN(Cc3nccs3)C[C@H]2C1. The highest BCUT2D eigenvalue weighted by Crippen LogP contribution is 2.36. The van der Waals surface area contributed by atoms with Gasteiger partial charge in [-0.25, -0.2) is 9.78 Å². The van der Waals surface area contributed by atoms with E-state index in [1.807, 2.05) is 16.5 Å². The number of urea groups is 1. The van der Waals surface area contributed by atoms with Crippen LogP contribution in [-0.4, -0.2) is 76.7 Å². The molecule has 0 aliphatic carbocycles. The van der Waals surface area contributed by atoms with Crippen molar-refractivity contribution in [2.24, 2.45) is 5.92 Å². The maximum Gasteiger partial charge on any atom is 0.319 e. The molecule has 1 N–H and O–H groups in total. The van der Waals surface area contributed by atoms with E-state index < -0.39 is 5.60 Å². The predicted octanol–water partition coefficient (Wildman–Crippen LogP) is 1.08. The van der Waals surface area contributed by atoms with Crippen LogP contribution in [0.5, 0.6) is 0 Å². The number of piperidine rings is 2. The average Bonchev–Trinajstić information content (AvgIpc) is 2.99. The Kier molecular flexibility index (Phi) is 4.38. The van der Waals surface area contributed by atoms with Crippen LogP contribution >= 0.6 is 11.3 Å². The maximum absolute atomic E-state index is 12.2. The molecular weight excluding hydrogens is 300 g/mol. The molecular formula is C15H24N4O2S. The number of rotatable bonds is 2. The molecule has 0 unspecified atom stereocenters. The number of likely N-dealkylation sites (tertiary alicyclic amines) is 2. The number of hydrogen-bond acceptors (Lipinski definition) is 5. The van der Waals surface area contributed by atoms with Crippen LogP contribution in [0.2, 0.25) is 0 Å². The van der Waals surface area contributed by atoms with Crippen molar-refractivity contribution in [3.05, 3.63) is 16.6 Å². The summed E-state index contributed by atoms with van der Waals surface area (Å²) in [7, 11) is 3.55. The Morgan fingerprint density at radius 2 is 2.23 bits per heavy atom. The first-order valence-electron chi connectivity index (χ1n) is 7.77. The molecule has 0 radical (unpaired) electrons. The predicted molar refractivity (Wildman–Crippen MR) is 85.7 cm³/mol. The van der Waals surface area contributed by atoms with Crippen molar-refractivity contribution in [2.45, 2.75) is 25.0 Å². The third-order valence-corrected chi connectivity index (χ3v) is 5.61. The molecule has 2 fully saturated rings. The fourth-order valence-corrected chi connectivity index (χ4v) is 4.15. The van der Waals surface area contributed by atoms with Crippen molar-refractivity contribution in [1.29, 1.82) is 0 Å². The van der Waals surface area contributed by atoms with Gasteiger partial charge < -0.3 is 14.9 Å². The Morgan fingerprint density at radius 3 is 2.91 bits per heavy atom. The normalized spacial score (nSPS) is 29.2. The topological polar surface area (TPSA) is 59.9 Å². The summed E-state index contributed by atoms with van der Waals surface area (Å²) in [5, 5.41) is 14.0. The average molecular weight is 324 g/mol. The first-order chi connectivity index (χ1) is 10.5. The molecule has 1 aromatic rings. The highest BCUT2D eigenvalue weighted by Gasteiger charge is 2.46. The number of nitrogens with zero attached hydrogens (tertiary/aromatic N) is 4. The summed E-state index contributed by atoms with van der Waals surface area (Å²) in [4.78, 5) is 22.3. The third kappa shape index (κ3) is 3.11. The zero-order valence-electron chi connectivity index (χ0n) is 13.2. The molecule has 0 bridgehead atoms. The van der Waals surface area contributed by atoms with Crippen molar-refractivity contribution in [3.8, 4) is 0 Å². The van der Waals surface area contributed by atoms with Crippen molar-refractivity contribution in [1.82, 2.24) is 19.7 Å². The molecule has 0 saturated carbocycles. The summed E-state index contributed by atoms with van der Waals surface area (Å²) >= 11 is 1.67. The van der Waals surface area contributed by atoms with Crippen LogP contribution in [0.4, 0.5) is 4.79 Å². The van der Waals surface area contributed by atoms with Crippen molar-refractivity contribution < 1.29 is 9.90 Å². The lowest BCUT2D eigenvalue weighted by Gasteiger charge is -2.50. The smallest absolute Gasteiger partial charge is 0.319 e. The quantitative estimate of drug-likeness (QED) is 0.884. The minimum absolute atomic E-state index is 0.0408. The molecule has 2 amide bonds. The lowest BCUT2D eigenvalue weighted by atomic mass is 9.76. The van der Waals surface area contributed by atoms with Gasteiger partial charge in [0.05, 0.1) is 12.1 Å². The van der Waals surface area contributed by atoms with Gasteiger partial charge in [0.2, 0.25) is 0 Å². The fourth-order valence-electron chi connectivity index (χ4n) is 3.49. The Morgan fingerprint density at radius 1 is 1.45 bits per heavy atom. The largest absolute Gasteiger partial charge is 0.389 e. The van der Waals surface area contributed by atoms with E-state index in [4.69, 9.17) is 0 Å². The zero-order chi connectivity index (χ0) is 15.7. The molecule has 2 aliphatic heterocycles. The summed E-state index contributed by atoms with van der Waals surface area (Å²) in [6.07, 6.45) is 3.30. The number of carbonyl (C=O) groups excluding carboxylic acids is 1. The van der Waals surface area contributed by atoms with Crippen molar-refractivity contribution in [2.75, 3.05) is 40.3 Å². The highest BCUT2D eigenvalue weighted by molar-refractivity contribution is 7.09. The number of aliphatic hydroxyl groups is 1. The Labute approximate surface area is 135 Å². The second-order valence-electron chi connectivity index (χ2n) is 6.58. The van der Waals surface area contributed by atoms with Crippen LogP contribution in [0.15, 0.2) is 11.6 Å². The van der Waals surface area contributed by atoms with Crippen molar-refractivity contribution >= 4 is 17.4 Å². The molecule has 2 atom stereocenters. The van der Waals surface area contributed by atoms with Gasteiger partial charge in [0.25, 0.3) is 0 Å². The van der Waals surface area contributed by atoms with Gasteiger partial charge in [0.1, 0.15) is 5.01 Å². The summed E-state index contributed by atoms with van der Waals surface area (Å²) in [5.74, 6) is 0.124. The second kappa shape index (κ2) is 6.14. The zero-order valence-corrected chi connectivity index (χ0v) is 14.1. The molecule has 2 saturated heterocycles. The molecule has 6 nitrogen and oxygen atoms in total. The first kappa shape index (κ1) is 15.7. The lowest BCUT2D eigenvalue weighted by molar-refractivity contribution is -0.108. The van der Waals surface area contributed by atoms with Gasteiger partial charge in [0.15, 0.2) is 0 Å². The molecule has 122 valence electrons. The maximum atomic E-state index is 12.2. The molecule has 1 aromatic heterocycles. The summed E-state index contributed by atoms with van der Waals surface area (Å²) in [6, 6.07) is 0.0408. The summed E-state index contributed by atoms with van der Waals surface area (Å²) < 4.78 is 0. The Bertz CT molecular complexity index is 522. The summed E-state index contributed by atoms with van der Waals surface area (Å²) in [6.45, 7) is 3.85. The van der Waals surface area contributed by atoms with E-state index >= 15 is 0 Å². The van der Waals surface area contributed by atoms with E-state index in [1.165, 1.54) is 0 Å². The van der Waals surface area contributed by atoms with Gasteiger partial charge in [-0.05, 0) is 12.8 Å². The van der Waals surface area contributed by atoms with E-state index in [1.54, 1.807) is 30.3 Å². The van der Waals surface area contributed by atoms with Crippen LogP contribution in [0, 0.1) is 5.92 Å². The molecule has 3 heterocycles. The molecule has 22 heavy (non-hydrogen) atoms.